The Labute approximate surface area is 153 Å². The fourth-order valence-corrected chi connectivity index (χ4v) is 3.55. The Balaban J connectivity index is 0.000000948. The zero-order chi connectivity index (χ0) is 18.7. The number of fused-ring (bicyclic) bond motifs is 3. The van der Waals surface area contributed by atoms with Gasteiger partial charge in [-0.1, -0.05) is 50.2 Å². The van der Waals surface area contributed by atoms with Crippen molar-refractivity contribution >= 4 is 27.9 Å². The van der Waals surface area contributed by atoms with Gasteiger partial charge < -0.3 is 14.4 Å². The molecule has 0 spiro atoms. The average molecular weight is 354 g/mol. The largest absolute Gasteiger partial charge is 0.480 e. The first-order valence-electron chi connectivity index (χ1n) is 9.21. The minimum absolute atomic E-state index is 0.678. The number of para-hydroxylation sites is 2. The van der Waals surface area contributed by atoms with E-state index < -0.39 is 12.0 Å². The van der Waals surface area contributed by atoms with Crippen molar-refractivity contribution in [1.82, 2.24) is 9.80 Å². The minimum Gasteiger partial charge on any atom is -0.480 e. The second-order valence-corrected chi connectivity index (χ2v) is 6.40. The summed E-state index contributed by atoms with van der Waals surface area (Å²) in [5.41, 5.74) is 2.22. The molecule has 5 nitrogen and oxygen atoms in total. The number of likely N-dealkylation sites (N-methyl/N-ethyl adjacent to an activating group) is 1. The van der Waals surface area contributed by atoms with E-state index in [-0.39, 0.29) is 0 Å². The van der Waals surface area contributed by atoms with Gasteiger partial charge in [-0.2, -0.15) is 0 Å². The van der Waals surface area contributed by atoms with Crippen molar-refractivity contribution in [1.29, 1.82) is 0 Å². The summed E-state index contributed by atoms with van der Waals surface area (Å²) in [5, 5.41) is 11.9. The number of aliphatic carboxylic acids is 1. The summed E-state index contributed by atoms with van der Waals surface area (Å²) >= 11 is 0. The molecule has 1 aliphatic rings. The quantitative estimate of drug-likeness (QED) is 0.771. The fraction of sp³-hybridized carbons (Fsp3) is 0.381. The lowest BCUT2D eigenvalue weighted by Gasteiger charge is -2.36. The minimum atomic E-state index is -0.826. The summed E-state index contributed by atoms with van der Waals surface area (Å²) in [5.74, 6) is -0.826. The Hall–Kier alpha value is -2.37. The Morgan fingerprint density at radius 2 is 1.65 bits per heavy atom. The Morgan fingerprint density at radius 1 is 1.00 bits per heavy atom. The molecule has 0 aliphatic carbocycles. The van der Waals surface area contributed by atoms with Gasteiger partial charge >= 0.3 is 5.97 Å². The van der Waals surface area contributed by atoms with Crippen LogP contribution in [0.2, 0.25) is 0 Å². The van der Waals surface area contributed by atoms with Crippen LogP contribution in [0.25, 0.3) is 21.9 Å². The molecular weight excluding hydrogens is 328 g/mol. The predicted octanol–water partition coefficient (Wildman–Crippen LogP) is 3.99. The first-order valence-corrected chi connectivity index (χ1v) is 9.21. The van der Waals surface area contributed by atoms with E-state index in [1.807, 2.05) is 61.2 Å². The smallest absolute Gasteiger partial charge is 0.325 e. The number of rotatable bonds is 3. The zero-order valence-electron chi connectivity index (χ0n) is 15.6. The molecule has 138 valence electrons. The van der Waals surface area contributed by atoms with Gasteiger partial charge in [-0.3, -0.25) is 9.69 Å². The van der Waals surface area contributed by atoms with Gasteiger partial charge in [0.25, 0.3) is 0 Å². The highest BCUT2D eigenvalue weighted by atomic mass is 16.4. The first kappa shape index (κ1) is 18.4. The molecular formula is C21H26N2O3. The molecule has 2 aromatic carbocycles. The number of hydrogen-bond acceptors (Lipinski definition) is 4. The second-order valence-electron chi connectivity index (χ2n) is 6.40. The SMILES string of the molecule is CC.CN1CCN(C(C(=O)O)c2cccc3c2oc2ccccc23)CC1. The van der Waals surface area contributed by atoms with Gasteiger partial charge in [0.2, 0.25) is 0 Å². The molecule has 0 saturated carbocycles. The molecule has 0 amide bonds. The zero-order valence-corrected chi connectivity index (χ0v) is 15.6. The summed E-state index contributed by atoms with van der Waals surface area (Å²) < 4.78 is 6.03. The van der Waals surface area contributed by atoms with E-state index in [1.54, 1.807) is 0 Å². The fourth-order valence-electron chi connectivity index (χ4n) is 3.55. The summed E-state index contributed by atoms with van der Waals surface area (Å²) in [6.07, 6.45) is 0. The number of carboxylic acids is 1. The molecule has 1 aromatic heterocycles. The van der Waals surface area contributed by atoms with Crippen molar-refractivity contribution in [2.24, 2.45) is 0 Å². The van der Waals surface area contributed by atoms with Crippen LogP contribution in [0.15, 0.2) is 46.9 Å². The highest BCUT2D eigenvalue weighted by molar-refractivity contribution is 6.06. The van der Waals surface area contributed by atoms with Gasteiger partial charge in [-0.05, 0) is 13.1 Å². The third-order valence-electron chi connectivity index (χ3n) is 4.87. The standard InChI is InChI=1S/C19H20N2O3.C2H6/c1-20-9-11-21(12-10-20)17(19(22)23)15-7-4-6-14-13-5-2-3-8-16(13)24-18(14)15;1-2/h2-8,17H,9-12H2,1H3,(H,22,23);1-2H3. The summed E-state index contributed by atoms with van der Waals surface area (Å²) in [7, 11) is 2.06. The van der Waals surface area contributed by atoms with Gasteiger partial charge in [0.1, 0.15) is 17.2 Å². The molecule has 26 heavy (non-hydrogen) atoms. The highest BCUT2D eigenvalue weighted by Gasteiger charge is 2.32. The Kier molecular flexibility index (Phi) is 5.59. The monoisotopic (exact) mass is 354 g/mol. The second kappa shape index (κ2) is 7.89. The maximum Gasteiger partial charge on any atom is 0.325 e. The lowest BCUT2D eigenvalue weighted by Crippen LogP contribution is -2.47. The van der Waals surface area contributed by atoms with Crippen LogP contribution >= 0.6 is 0 Å². The molecule has 1 atom stereocenters. The van der Waals surface area contributed by atoms with Gasteiger partial charge in [0.15, 0.2) is 0 Å². The molecule has 1 unspecified atom stereocenters. The van der Waals surface area contributed by atoms with E-state index in [0.717, 1.165) is 48.1 Å². The van der Waals surface area contributed by atoms with E-state index >= 15 is 0 Å². The van der Waals surface area contributed by atoms with Crippen LogP contribution in [0.3, 0.4) is 0 Å². The van der Waals surface area contributed by atoms with Crippen LogP contribution in [0, 0.1) is 0 Å². The van der Waals surface area contributed by atoms with Gasteiger partial charge in [-0.25, -0.2) is 0 Å². The first-order chi connectivity index (χ1) is 12.6. The van der Waals surface area contributed by atoms with E-state index in [4.69, 9.17) is 4.42 Å². The van der Waals surface area contributed by atoms with E-state index in [1.165, 1.54) is 0 Å². The molecule has 5 heteroatoms. The van der Waals surface area contributed by atoms with Gasteiger partial charge in [-0.15, -0.1) is 0 Å². The Morgan fingerprint density at radius 3 is 2.35 bits per heavy atom. The van der Waals surface area contributed by atoms with Crippen LogP contribution in [0.5, 0.6) is 0 Å². The van der Waals surface area contributed by atoms with Crippen molar-refractivity contribution in [3.8, 4) is 0 Å². The third kappa shape index (κ3) is 3.32. The van der Waals surface area contributed by atoms with E-state index in [0.29, 0.717) is 5.58 Å². The van der Waals surface area contributed by atoms with Crippen LogP contribution in [0.1, 0.15) is 25.5 Å². The van der Waals surface area contributed by atoms with Crippen molar-refractivity contribution < 1.29 is 14.3 Å². The number of carbonyl (C=O) groups is 1. The predicted molar refractivity (Wildman–Crippen MR) is 105 cm³/mol. The molecule has 0 radical (unpaired) electrons. The number of hydrogen-bond donors (Lipinski definition) is 1. The maximum absolute atomic E-state index is 12.0. The van der Waals surface area contributed by atoms with Gasteiger partial charge in [0, 0.05) is 42.5 Å². The Bertz CT molecular complexity index is 895. The lowest BCUT2D eigenvalue weighted by atomic mass is 10.0. The number of carboxylic acid groups (broad SMARTS) is 1. The van der Waals surface area contributed by atoms with Crippen molar-refractivity contribution in [2.45, 2.75) is 19.9 Å². The normalized spacial score (nSPS) is 17.0. The molecule has 4 rings (SSSR count). The van der Waals surface area contributed by atoms with Crippen molar-refractivity contribution in [2.75, 3.05) is 33.2 Å². The average Bonchev–Trinajstić information content (AvgIpc) is 3.05. The van der Waals surface area contributed by atoms with Crippen LogP contribution in [0.4, 0.5) is 0 Å². The summed E-state index contributed by atoms with van der Waals surface area (Å²) in [6.45, 7) is 7.23. The number of nitrogens with zero attached hydrogens (tertiary/aromatic N) is 2. The molecule has 1 fully saturated rings. The van der Waals surface area contributed by atoms with E-state index in [2.05, 4.69) is 11.9 Å². The summed E-state index contributed by atoms with van der Waals surface area (Å²) in [4.78, 5) is 16.3. The molecule has 2 heterocycles. The van der Waals surface area contributed by atoms with Crippen LogP contribution < -0.4 is 0 Å². The van der Waals surface area contributed by atoms with Gasteiger partial charge in [0.05, 0.1) is 0 Å². The van der Waals surface area contributed by atoms with Crippen LogP contribution in [-0.2, 0) is 4.79 Å². The maximum atomic E-state index is 12.0. The molecule has 3 aromatic rings. The molecule has 1 N–H and O–H groups in total. The van der Waals surface area contributed by atoms with Crippen molar-refractivity contribution in [3.05, 3.63) is 48.0 Å². The molecule has 1 aliphatic heterocycles. The van der Waals surface area contributed by atoms with Crippen molar-refractivity contribution in [3.63, 3.8) is 0 Å². The van der Waals surface area contributed by atoms with Crippen LogP contribution in [-0.4, -0.2) is 54.1 Å². The topological polar surface area (TPSA) is 56.9 Å². The van der Waals surface area contributed by atoms with E-state index in [9.17, 15) is 9.90 Å². The lowest BCUT2D eigenvalue weighted by molar-refractivity contribution is -0.144. The highest BCUT2D eigenvalue weighted by Crippen LogP contribution is 2.35. The molecule has 0 bridgehead atoms. The third-order valence-corrected chi connectivity index (χ3v) is 4.87. The number of benzene rings is 2. The number of furan rings is 1. The molecule has 1 saturated heterocycles. The summed E-state index contributed by atoms with van der Waals surface area (Å²) in [6, 6.07) is 12.9. The number of piperazine rings is 1.